The SMILES string of the molecule is CC(C)CNC(=O)CN1CCC2(CCCN(Cc3cccc(F)c3F)C2)C1. The van der Waals surface area contributed by atoms with E-state index in [0.717, 1.165) is 51.5 Å². The Kier molecular flexibility index (Phi) is 6.48. The number of nitrogens with zero attached hydrogens (tertiary/aromatic N) is 2. The Morgan fingerprint density at radius 1 is 1.19 bits per heavy atom. The Bertz CT molecular complexity index is 667. The molecule has 1 aromatic rings. The van der Waals surface area contributed by atoms with Crippen molar-refractivity contribution in [1.29, 1.82) is 0 Å². The average molecular weight is 379 g/mol. The predicted molar refractivity (Wildman–Crippen MR) is 102 cm³/mol. The minimum Gasteiger partial charge on any atom is -0.355 e. The molecule has 0 bridgehead atoms. The third-order valence-corrected chi connectivity index (χ3v) is 5.76. The quantitative estimate of drug-likeness (QED) is 0.825. The molecule has 4 nitrogen and oxygen atoms in total. The lowest BCUT2D eigenvalue weighted by atomic mass is 9.79. The van der Waals surface area contributed by atoms with Gasteiger partial charge < -0.3 is 5.32 Å². The molecule has 2 aliphatic heterocycles. The van der Waals surface area contributed by atoms with E-state index in [-0.39, 0.29) is 11.3 Å². The molecular weight excluding hydrogens is 348 g/mol. The van der Waals surface area contributed by atoms with Gasteiger partial charge in [-0.05, 0) is 49.8 Å². The summed E-state index contributed by atoms with van der Waals surface area (Å²) in [5, 5.41) is 2.99. The lowest BCUT2D eigenvalue weighted by molar-refractivity contribution is -0.122. The number of rotatable bonds is 6. The maximum Gasteiger partial charge on any atom is 0.234 e. The van der Waals surface area contributed by atoms with Crippen molar-refractivity contribution >= 4 is 5.91 Å². The minimum absolute atomic E-state index is 0.0928. The number of hydrogen-bond donors (Lipinski definition) is 1. The summed E-state index contributed by atoms with van der Waals surface area (Å²) in [6.45, 7) is 9.41. The van der Waals surface area contributed by atoms with Crippen LogP contribution in [0.5, 0.6) is 0 Å². The van der Waals surface area contributed by atoms with E-state index in [0.29, 0.717) is 31.1 Å². The van der Waals surface area contributed by atoms with E-state index in [4.69, 9.17) is 0 Å². The van der Waals surface area contributed by atoms with Gasteiger partial charge in [-0.2, -0.15) is 0 Å². The molecule has 6 heteroatoms. The van der Waals surface area contributed by atoms with E-state index in [1.807, 2.05) is 0 Å². The Morgan fingerprint density at radius 2 is 1.96 bits per heavy atom. The molecule has 2 fully saturated rings. The normalized spacial score (nSPS) is 24.0. The summed E-state index contributed by atoms with van der Waals surface area (Å²) in [7, 11) is 0. The van der Waals surface area contributed by atoms with Crippen LogP contribution in [-0.2, 0) is 11.3 Å². The molecule has 2 aliphatic rings. The lowest BCUT2D eigenvalue weighted by Gasteiger charge is -2.40. The van der Waals surface area contributed by atoms with Gasteiger partial charge in [0.1, 0.15) is 0 Å². The summed E-state index contributed by atoms with van der Waals surface area (Å²) >= 11 is 0. The van der Waals surface area contributed by atoms with Gasteiger partial charge in [-0.15, -0.1) is 0 Å². The number of halogens is 2. The van der Waals surface area contributed by atoms with E-state index >= 15 is 0 Å². The highest BCUT2D eigenvalue weighted by atomic mass is 19.2. The van der Waals surface area contributed by atoms with Gasteiger partial charge in [0.2, 0.25) is 5.91 Å². The number of benzene rings is 1. The topological polar surface area (TPSA) is 35.6 Å². The molecule has 1 unspecified atom stereocenters. The molecule has 1 amide bonds. The summed E-state index contributed by atoms with van der Waals surface area (Å²) in [6, 6.07) is 4.40. The van der Waals surface area contributed by atoms with Crippen molar-refractivity contribution in [2.45, 2.75) is 39.7 Å². The molecule has 0 aromatic heterocycles. The molecule has 1 atom stereocenters. The third-order valence-electron chi connectivity index (χ3n) is 5.76. The van der Waals surface area contributed by atoms with E-state index in [1.54, 1.807) is 12.1 Å². The highest BCUT2D eigenvalue weighted by molar-refractivity contribution is 5.78. The fourth-order valence-electron chi connectivity index (χ4n) is 4.43. The molecule has 1 N–H and O–H groups in total. The summed E-state index contributed by atoms with van der Waals surface area (Å²) in [5.41, 5.74) is 0.593. The van der Waals surface area contributed by atoms with Crippen LogP contribution in [-0.4, -0.2) is 55.0 Å². The number of nitrogens with one attached hydrogen (secondary N) is 1. The van der Waals surface area contributed by atoms with Gasteiger partial charge >= 0.3 is 0 Å². The number of amides is 1. The van der Waals surface area contributed by atoms with Crippen molar-refractivity contribution in [2.24, 2.45) is 11.3 Å². The van der Waals surface area contributed by atoms with Crippen LogP contribution in [0.1, 0.15) is 38.7 Å². The van der Waals surface area contributed by atoms with Crippen LogP contribution >= 0.6 is 0 Å². The first-order chi connectivity index (χ1) is 12.9. The second-order valence-corrected chi connectivity index (χ2v) is 8.69. The summed E-state index contributed by atoms with van der Waals surface area (Å²) in [4.78, 5) is 16.6. The van der Waals surface area contributed by atoms with Crippen molar-refractivity contribution in [3.8, 4) is 0 Å². The molecule has 3 rings (SSSR count). The number of carbonyl (C=O) groups excluding carboxylic acids is 1. The second-order valence-electron chi connectivity index (χ2n) is 8.69. The third kappa shape index (κ3) is 5.26. The molecule has 27 heavy (non-hydrogen) atoms. The summed E-state index contributed by atoms with van der Waals surface area (Å²) in [5.74, 6) is -0.963. The molecule has 0 radical (unpaired) electrons. The fraction of sp³-hybridized carbons (Fsp3) is 0.667. The Morgan fingerprint density at radius 3 is 2.74 bits per heavy atom. The van der Waals surface area contributed by atoms with Gasteiger partial charge in [0.15, 0.2) is 11.6 Å². The van der Waals surface area contributed by atoms with Crippen LogP contribution in [0.3, 0.4) is 0 Å². The van der Waals surface area contributed by atoms with E-state index in [9.17, 15) is 13.6 Å². The van der Waals surface area contributed by atoms with E-state index < -0.39 is 11.6 Å². The average Bonchev–Trinajstić information content (AvgIpc) is 2.99. The molecular formula is C21H31F2N3O. The Hall–Kier alpha value is -1.53. The van der Waals surface area contributed by atoms with Crippen molar-refractivity contribution in [3.63, 3.8) is 0 Å². The Balaban J connectivity index is 1.54. The zero-order chi connectivity index (χ0) is 19.4. The number of hydrogen-bond acceptors (Lipinski definition) is 3. The molecule has 2 saturated heterocycles. The van der Waals surface area contributed by atoms with Crippen LogP contribution < -0.4 is 5.32 Å². The van der Waals surface area contributed by atoms with Gasteiger partial charge in [-0.3, -0.25) is 14.6 Å². The number of piperidine rings is 1. The maximum atomic E-state index is 14.0. The van der Waals surface area contributed by atoms with Crippen LogP contribution in [0.4, 0.5) is 8.78 Å². The van der Waals surface area contributed by atoms with E-state index in [2.05, 4.69) is 29.0 Å². The van der Waals surface area contributed by atoms with Crippen LogP contribution in [0.25, 0.3) is 0 Å². The lowest BCUT2D eigenvalue weighted by Crippen LogP contribution is -2.45. The largest absolute Gasteiger partial charge is 0.355 e. The molecule has 2 heterocycles. The zero-order valence-electron chi connectivity index (χ0n) is 16.4. The monoisotopic (exact) mass is 379 g/mol. The van der Waals surface area contributed by atoms with Gasteiger partial charge in [-0.25, -0.2) is 8.78 Å². The molecule has 1 aromatic carbocycles. The number of carbonyl (C=O) groups is 1. The number of likely N-dealkylation sites (tertiary alicyclic amines) is 2. The van der Waals surface area contributed by atoms with Crippen LogP contribution in [0, 0.1) is 23.0 Å². The van der Waals surface area contributed by atoms with Crippen molar-refractivity contribution in [1.82, 2.24) is 15.1 Å². The molecule has 150 valence electrons. The van der Waals surface area contributed by atoms with Crippen LogP contribution in [0.2, 0.25) is 0 Å². The van der Waals surface area contributed by atoms with Gasteiger partial charge in [-0.1, -0.05) is 26.0 Å². The van der Waals surface area contributed by atoms with Gasteiger partial charge in [0.25, 0.3) is 0 Å². The highest BCUT2D eigenvalue weighted by Gasteiger charge is 2.41. The highest BCUT2D eigenvalue weighted by Crippen LogP contribution is 2.39. The predicted octanol–water partition coefficient (Wildman–Crippen LogP) is 3.02. The van der Waals surface area contributed by atoms with Gasteiger partial charge in [0, 0.05) is 31.7 Å². The molecule has 0 saturated carbocycles. The summed E-state index contributed by atoms with van der Waals surface area (Å²) in [6.07, 6.45) is 3.26. The molecule has 1 spiro atoms. The van der Waals surface area contributed by atoms with Crippen molar-refractivity contribution < 1.29 is 13.6 Å². The summed E-state index contributed by atoms with van der Waals surface area (Å²) < 4.78 is 27.5. The second kappa shape index (κ2) is 8.65. The zero-order valence-corrected chi connectivity index (χ0v) is 16.4. The Labute approximate surface area is 160 Å². The van der Waals surface area contributed by atoms with E-state index in [1.165, 1.54) is 0 Å². The van der Waals surface area contributed by atoms with Gasteiger partial charge in [0.05, 0.1) is 6.54 Å². The van der Waals surface area contributed by atoms with Crippen molar-refractivity contribution in [3.05, 3.63) is 35.4 Å². The minimum atomic E-state index is -0.779. The van der Waals surface area contributed by atoms with Crippen molar-refractivity contribution in [2.75, 3.05) is 39.3 Å². The first-order valence-corrected chi connectivity index (χ1v) is 10.0. The first kappa shape index (κ1) is 20.2. The fourth-order valence-corrected chi connectivity index (χ4v) is 4.43. The maximum absolute atomic E-state index is 14.0. The van der Waals surface area contributed by atoms with Crippen LogP contribution in [0.15, 0.2) is 18.2 Å². The smallest absolute Gasteiger partial charge is 0.234 e. The standard InChI is InChI=1S/C21H31F2N3O/c1-16(2)11-24-19(27)13-26-10-8-21(15-26)7-4-9-25(14-21)12-17-5-3-6-18(22)20(17)23/h3,5-6,16H,4,7-15H2,1-2H3,(H,24,27). The molecule has 0 aliphatic carbocycles. The first-order valence-electron chi connectivity index (χ1n) is 10.0.